The fourth-order valence-electron chi connectivity index (χ4n) is 2.87. The molecule has 0 bridgehead atoms. The van der Waals surface area contributed by atoms with E-state index in [-0.39, 0.29) is 12.6 Å². The Morgan fingerprint density at radius 2 is 2.23 bits per heavy atom. The second-order valence-electron chi connectivity index (χ2n) is 5.72. The predicted octanol–water partition coefficient (Wildman–Crippen LogP) is 0.808. The van der Waals surface area contributed by atoms with Crippen molar-refractivity contribution in [3.8, 4) is 0 Å². The minimum Gasteiger partial charge on any atom is -0.394 e. The van der Waals surface area contributed by atoms with E-state index in [2.05, 4.69) is 24.8 Å². The number of anilines is 2. The van der Waals surface area contributed by atoms with Crippen LogP contribution in [0, 0.1) is 0 Å². The number of aliphatic hydroxyl groups is 1. The van der Waals surface area contributed by atoms with Gasteiger partial charge in [-0.2, -0.15) is 0 Å². The number of hydrogen-bond donors (Lipinski definition) is 1. The second-order valence-corrected chi connectivity index (χ2v) is 5.72. The molecule has 0 aromatic carbocycles. The first-order chi connectivity index (χ1) is 10.7. The lowest BCUT2D eigenvalue weighted by atomic mass is 10.2. The third-order valence-corrected chi connectivity index (χ3v) is 4.21. The first-order valence-electron chi connectivity index (χ1n) is 7.56. The molecule has 1 aliphatic heterocycles. The first kappa shape index (κ1) is 14.8. The molecule has 1 atom stereocenters. The molecule has 0 spiro atoms. The van der Waals surface area contributed by atoms with Crippen LogP contribution in [0.1, 0.15) is 18.7 Å². The molecule has 0 amide bonds. The van der Waals surface area contributed by atoms with E-state index in [1.807, 2.05) is 30.9 Å². The quantitative estimate of drug-likeness (QED) is 0.881. The lowest BCUT2D eigenvalue weighted by Crippen LogP contribution is -2.33. The minimum atomic E-state index is 0.169. The molecule has 2 aromatic heterocycles. The van der Waals surface area contributed by atoms with E-state index in [1.54, 1.807) is 12.5 Å². The van der Waals surface area contributed by atoms with Gasteiger partial charge in [0.1, 0.15) is 23.8 Å². The average Bonchev–Trinajstić information content (AvgIpc) is 3.16. The van der Waals surface area contributed by atoms with Gasteiger partial charge in [0.05, 0.1) is 19.2 Å². The van der Waals surface area contributed by atoms with Gasteiger partial charge >= 0.3 is 0 Å². The maximum atomic E-state index is 9.47. The van der Waals surface area contributed by atoms with E-state index in [9.17, 15) is 5.11 Å². The Balaban J connectivity index is 1.77. The Morgan fingerprint density at radius 1 is 1.36 bits per heavy atom. The van der Waals surface area contributed by atoms with Crippen LogP contribution in [0.3, 0.4) is 0 Å². The molecule has 7 nitrogen and oxygen atoms in total. The number of aromatic nitrogens is 4. The van der Waals surface area contributed by atoms with Crippen LogP contribution < -0.4 is 9.80 Å². The van der Waals surface area contributed by atoms with Gasteiger partial charge in [0.2, 0.25) is 0 Å². The fraction of sp³-hybridized carbons (Fsp3) is 0.533. The topological polar surface area (TPSA) is 70.3 Å². The molecule has 1 aliphatic rings. The van der Waals surface area contributed by atoms with Crippen LogP contribution in [0.2, 0.25) is 0 Å². The Kier molecular flexibility index (Phi) is 4.24. The van der Waals surface area contributed by atoms with Crippen LogP contribution in [0.25, 0.3) is 0 Å². The third-order valence-electron chi connectivity index (χ3n) is 4.21. The van der Waals surface area contributed by atoms with Gasteiger partial charge in [0, 0.05) is 39.1 Å². The summed E-state index contributed by atoms with van der Waals surface area (Å²) >= 11 is 0. The smallest absolute Gasteiger partial charge is 0.134 e. The highest BCUT2D eigenvalue weighted by atomic mass is 16.3. The molecule has 22 heavy (non-hydrogen) atoms. The Hall–Kier alpha value is -2.15. The molecule has 1 unspecified atom stereocenters. The third kappa shape index (κ3) is 2.89. The van der Waals surface area contributed by atoms with Crippen molar-refractivity contribution in [2.75, 3.05) is 30.0 Å². The molecule has 1 saturated heterocycles. The van der Waals surface area contributed by atoms with E-state index < -0.39 is 0 Å². The van der Waals surface area contributed by atoms with Crippen LogP contribution >= 0.6 is 0 Å². The summed E-state index contributed by atoms with van der Waals surface area (Å²) < 4.78 is 2.00. The van der Waals surface area contributed by atoms with E-state index in [0.717, 1.165) is 36.8 Å². The van der Waals surface area contributed by atoms with E-state index in [0.29, 0.717) is 6.54 Å². The number of imidazole rings is 1. The maximum absolute atomic E-state index is 9.47. The predicted molar refractivity (Wildman–Crippen MR) is 84.8 cm³/mol. The summed E-state index contributed by atoms with van der Waals surface area (Å²) in [6.45, 7) is 1.79. The monoisotopic (exact) mass is 302 g/mol. The van der Waals surface area contributed by atoms with Crippen molar-refractivity contribution in [3.05, 3.63) is 30.6 Å². The van der Waals surface area contributed by atoms with Gasteiger partial charge in [-0.25, -0.2) is 15.0 Å². The van der Waals surface area contributed by atoms with Crippen molar-refractivity contribution < 1.29 is 5.11 Å². The molecule has 7 heteroatoms. The zero-order valence-corrected chi connectivity index (χ0v) is 13.1. The van der Waals surface area contributed by atoms with Gasteiger partial charge in [0.15, 0.2) is 0 Å². The molecule has 0 aliphatic carbocycles. The van der Waals surface area contributed by atoms with Crippen molar-refractivity contribution in [1.29, 1.82) is 0 Å². The largest absolute Gasteiger partial charge is 0.394 e. The Morgan fingerprint density at radius 3 is 2.95 bits per heavy atom. The molecule has 0 saturated carbocycles. The minimum absolute atomic E-state index is 0.169. The molecule has 2 aromatic rings. The van der Waals surface area contributed by atoms with Crippen LogP contribution in [-0.2, 0) is 13.6 Å². The number of rotatable bonds is 5. The number of aliphatic hydroxyl groups excluding tert-OH is 1. The van der Waals surface area contributed by atoms with Gasteiger partial charge in [-0.15, -0.1) is 0 Å². The standard InChI is InChI=1S/C15H22N6O/c1-19-7-5-16-15(19)9-20(2)13-8-14(18-11-17-13)21-6-3-4-12(21)10-22/h5,7-8,11-12,22H,3-4,6,9-10H2,1-2H3. The zero-order valence-electron chi connectivity index (χ0n) is 13.1. The average molecular weight is 302 g/mol. The number of hydrogen-bond acceptors (Lipinski definition) is 6. The van der Waals surface area contributed by atoms with E-state index >= 15 is 0 Å². The molecule has 0 radical (unpaired) electrons. The summed E-state index contributed by atoms with van der Waals surface area (Å²) in [7, 11) is 3.98. The lowest BCUT2D eigenvalue weighted by Gasteiger charge is -2.25. The number of aryl methyl sites for hydroxylation is 1. The summed E-state index contributed by atoms with van der Waals surface area (Å²) in [6, 6.07) is 2.15. The summed E-state index contributed by atoms with van der Waals surface area (Å²) in [5.74, 6) is 2.72. The van der Waals surface area contributed by atoms with Gasteiger partial charge in [0.25, 0.3) is 0 Å². The molecule has 118 valence electrons. The first-order valence-corrected chi connectivity index (χ1v) is 7.56. The van der Waals surface area contributed by atoms with Crippen molar-refractivity contribution in [1.82, 2.24) is 19.5 Å². The molecule has 3 rings (SSSR count). The summed E-state index contributed by atoms with van der Waals surface area (Å²) in [4.78, 5) is 17.3. The zero-order chi connectivity index (χ0) is 15.5. The highest BCUT2D eigenvalue weighted by Gasteiger charge is 2.25. The van der Waals surface area contributed by atoms with Crippen molar-refractivity contribution in [2.24, 2.45) is 7.05 Å². The van der Waals surface area contributed by atoms with E-state index in [1.165, 1.54) is 0 Å². The summed E-state index contributed by atoms with van der Waals surface area (Å²) in [5, 5.41) is 9.47. The van der Waals surface area contributed by atoms with Crippen molar-refractivity contribution in [2.45, 2.75) is 25.4 Å². The van der Waals surface area contributed by atoms with Gasteiger partial charge in [-0.05, 0) is 12.8 Å². The van der Waals surface area contributed by atoms with Gasteiger partial charge in [-0.3, -0.25) is 0 Å². The van der Waals surface area contributed by atoms with Crippen LogP contribution in [0.5, 0.6) is 0 Å². The SMILES string of the molecule is CN(Cc1nccn1C)c1cc(N2CCCC2CO)ncn1. The van der Waals surface area contributed by atoms with E-state index in [4.69, 9.17) is 0 Å². The normalized spacial score (nSPS) is 18.0. The fourth-order valence-corrected chi connectivity index (χ4v) is 2.87. The Bertz CT molecular complexity index is 628. The molecular formula is C15H22N6O. The highest BCUT2D eigenvalue weighted by Crippen LogP contribution is 2.25. The summed E-state index contributed by atoms with van der Waals surface area (Å²) in [6.07, 6.45) is 7.42. The lowest BCUT2D eigenvalue weighted by molar-refractivity contribution is 0.266. The summed E-state index contributed by atoms with van der Waals surface area (Å²) in [5.41, 5.74) is 0. The van der Waals surface area contributed by atoms with Crippen LogP contribution in [0.4, 0.5) is 11.6 Å². The molecule has 3 heterocycles. The Labute approximate surface area is 130 Å². The number of nitrogens with zero attached hydrogens (tertiary/aromatic N) is 6. The van der Waals surface area contributed by atoms with Gasteiger partial charge < -0.3 is 19.5 Å². The highest BCUT2D eigenvalue weighted by molar-refractivity contribution is 5.51. The maximum Gasteiger partial charge on any atom is 0.134 e. The molecular weight excluding hydrogens is 280 g/mol. The molecule has 1 fully saturated rings. The molecule has 1 N–H and O–H groups in total. The van der Waals surface area contributed by atoms with Crippen molar-refractivity contribution in [3.63, 3.8) is 0 Å². The van der Waals surface area contributed by atoms with Crippen molar-refractivity contribution >= 4 is 11.6 Å². The van der Waals surface area contributed by atoms with Gasteiger partial charge in [-0.1, -0.05) is 0 Å². The second kappa shape index (κ2) is 6.31. The van der Waals surface area contributed by atoms with Crippen LogP contribution in [0.15, 0.2) is 24.8 Å². The van der Waals surface area contributed by atoms with Crippen LogP contribution in [-0.4, -0.2) is 50.9 Å².